The summed E-state index contributed by atoms with van der Waals surface area (Å²) in [6.07, 6.45) is 5.25. The second kappa shape index (κ2) is 5.33. The zero-order valence-electron chi connectivity index (χ0n) is 11.3. The summed E-state index contributed by atoms with van der Waals surface area (Å²) in [5.41, 5.74) is -0.288. The molecule has 2 fully saturated rings. The molecule has 5 nitrogen and oxygen atoms in total. The Bertz CT molecular complexity index is 393. The van der Waals surface area contributed by atoms with Crippen molar-refractivity contribution in [3.63, 3.8) is 0 Å². The fourth-order valence-electron chi connectivity index (χ4n) is 2.66. The number of allylic oxidation sites excluding steroid dienone is 1. The summed E-state index contributed by atoms with van der Waals surface area (Å²) in [4.78, 5) is 22.6. The van der Waals surface area contributed by atoms with Gasteiger partial charge in [0.25, 0.3) is 0 Å². The van der Waals surface area contributed by atoms with Crippen molar-refractivity contribution in [3.8, 4) is 0 Å². The van der Waals surface area contributed by atoms with Crippen molar-refractivity contribution in [2.45, 2.75) is 39.4 Å². The van der Waals surface area contributed by atoms with Crippen LogP contribution in [-0.4, -0.2) is 29.9 Å². The lowest BCUT2D eigenvalue weighted by molar-refractivity contribution is -0.181. The number of carbonyl (C=O) groups is 2. The van der Waals surface area contributed by atoms with Crippen LogP contribution < -0.4 is 0 Å². The van der Waals surface area contributed by atoms with Gasteiger partial charge in [-0.15, -0.1) is 0 Å². The van der Waals surface area contributed by atoms with E-state index in [9.17, 15) is 9.59 Å². The lowest BCUT2D eigenvalue weighted by Crippen LogP contribution is -2.24. The van der Waals surface area contributed by atoms with Gasteiger partial charge in [-0.2, -0.15) is 0 Å². The molecule has 0 aromatic rings. The fourth-order valence-corrected chi connectivity index (χ4v) is 2.66. The van der Waals surface area contributed by atoms with Gasteiger partial charge in [0.2, 0.25) is 6.29 Å². The van der Waals surface area contributed by atoms with Crippen LogP contribution in [0.2, 0.25) is 0 Å². The summed E-state index contributed by atoms with van der Waals surface area (Å²) in [6, 6.07) is 0. The molecule has 3 unspecified atom stereocenters. The van der Waals surface area contributed by atoms with E-state index in [1.807, 2.05) is 13.8 Å². The molecule has 1 aliphatic heterocycles. The van der Waals surface area contributed by atoms with Crippen molar-refractivity contribution < 1.29 is 24.2 Å². The van der Waals surface area contributed by atoms with E-state index < -0.39 is 24.1 Å². The van der Waals surface area contributed by atoms with Crippen molar-refractivity contribution >= 4 is 11.9 Å². The van der Waals surface area contributed by atoms with Crippen LogP contribution in [0.4, 0.5) is 0 Å². The van der Waals surface area contributed by atoms with Crippen LogP contribution in [-0.2, 0) is 19.1 Å². The molecule has 5 heteroatoms. The van der Waals surface area contributed by atoms with E-state index in [4.69, 9.17) is 14.6 Å². The summed E-state index contributed by atoms with van der Waals surface area (Å²) in [5.74, 6) is -1.80. The number of hydrogen-bond donors (Lipinski definition) is 1. The molecule has 0 bridgehead atoms. The van der Waals surface area contributed by atoms with Gasteiger partial charge in [-0.05, 0) is 24.2 Å². The molecule has 106 valence electrons. The first-order valence-electron chi connectivity index (χ1n) is 6.66. The van der Waals surface area contributed by atoms with E-state index in [1.54, 1.807) is 6.08 Å². The van der Waals surface area contributed by atoms with Crippen molar-refractivity contribution in [3.05, 3.63) is 12.2 Å². The third kappa shape index (κ3) is 3.15. The van der Waals surface area contributed by atoms with Gasteiger partial charge in [0.15, 0.2) is 0 Å². The molecule has 1 heterocycles. The summed E-state index contributed by atoms with van der Waals surface area (Å²) in [6.45, 7) is 4.39. The first kappa shape index (κ1) is 14.1. The summed E-state index contributed by atoms with van der Waals surface area (Å²) in [7, 11) is 0. The number of carboxylic acids is 1. The Morgan fingerprint density at radius 3 is 2.63 bits per heavy atom. The molecule has 1 N–H and O–H groups in total. The van der Waals surface area contributed by atoms with E-state index >= 15 is 0 Å². The second-order valence-corrected chi connectivity index (χ2v) is 5.76. The van der Waals surface area contributed by atoms with E-state index in [0.717, 1.165) is 19.3 Å². The highest BCUT2D eigenvalue weighted by Gasteiger charge is 2.60. The van der Waals surface area contributed by atoms with Gasteiger partial charge in [-0.25, -0.2) is 4.79 Å². The SMILES string of the molecule is CC1(C)C(C=CC(=O)OC2CCCCO2)C1C(=O)O. The Balaban J connectivity index is 1.82. The minimum atomic E-state index is -0.816. The molecule has 0 aromatic heterocycles. The normalized spacial score (nSPS) is 33.1. The van der Waals surface area contributed by atoms with Crippen LogP contribution in [0.25, 0.3) is 0 Å². The Morgan fingerprint density at radius 1 is 1.37 bits per heavy atom. The van der Waals surface area contributed by atoms with Gasteiger partial charge >= 0.3 is 11.9 Å². The van der Waals surface area contributed by atoms with Gasteiger partial charge in [0.05, 0.1) is 12.5 Å². The third-order valence-electron chi connectivity index (χ3n) is 4.00. The van der Waals surface area contributed by atoms with Gasteiger partial charge in [0.1, 0.15) is 0 Å². The number of hydrogen-bond acceptors (Lipinski definition) is 4. The van der Waals surface area contributed by atoms with Crippen molar-refractivity contribution in [2.24, 2.45) is 17.3 Å². The molecule has 0 aromatic carbocycles. The zero-order valence-corrected chi connectivity index (χ0v) is 11.3. The van der Waals surface area contributed by atoms with Crippen LogP contribution >= 0.6 is 0 Å². The zero-order chi connectivity index (χ0) is 14.0. The number of esters is 1. The highest BCUT2D eigenvalue weighted by atomic mass is 16.7. The van der Waals surface area contributed by atoms with Crippen molar-refractivity contribution in [2.75, 3.05) is 6.61 Å². The van der Waals surface area contributed by atoms with Crippen LogP contribution in [0.15, 0.2) is 12.2 Å². The number of ether oxygens (including phenoxy) is 2. The Morgan fingerprint density at radius 2 is 2.11 bits per heavy atom. The number of carbonyl (C=O) groups excluding carboxylic acids is 1. The molecule has 0 spiro atoms. The Hall–Kier alpha value is -1.36. The average molecular weight is 268 g/mol. The molecule has 3 atom stereocenters. The lowest BCUT2D eigenvalue weighted by Gasteiger charge is -2.21. The quantitative estimate of drug-likeness (QED) is 0.623. The minimum Gasteiger partial charge on any atom is -0.481 e. The molecule has 2 rings (SSSR count). The minimum absolute atomic E-state index is 0.107. The molecule has 0 radical (unpaired) electrons. The maximum absolute atomic E-state index is 11.6. The molecule has 2 aliphatic rings. The first-order chi connectivity index (χ1) is 8.93. The van der Waals surface area contributed by atoms with E-state index in [1.165, 1.54) is 6.08 Å². The van der Waals surface area contributed by atoms with E-state index in [0.29, 0.717) is 6.61 Å². The molecule has 1 saturated heterocycles. The molecule has 19 heavy (non-hydrogen) atoms. The van der Waals surface area contributed by atoms with Crippen LogP contribution in [0.3, 0.4) is 0 Å². The first-order valence-corrected chi connectivity index (χ1v) is 6.66. The standard InChI is InChI=1S/C14H20O5/c1-14(2)9(12(14)13(16)17)6-7-10(15)19-11-5-3-4-8-18-11/h6-7,9,11-12H,3-5,8H2,1-2H3,(H,16,17). The summed E-state index contributed by atoms with van der Waals surface area (Å²) >= 11 is 0. The van der Waals surface area contributed by atoms with Gasteiger partial charge in [-0.3, -0.25) is 4.79 Å². The Labute approximate surface area is 112 Å². The summed E-state index contributed by atoms with van der Waals surface area (Å²) < 4.78 is 10.4. The number of carboxylic acid groups (broad SMARTS) is 1. The smallest absolute Gasteiger partial charge is 0.332 e. The molecule has 0 amide bonds. The van der Waals surface area contributed by atoms with Gasteiger partial charge < -0.3 is 14.6 Å². The highest BCUT2D eigenvalue weighted by molar-refractivity contribution is 5.83. The number of aliphatic carboxylic acids is 1. The van der Waals surface area contributed by atoms with E-state index in [-0.39, 0.29) is 11.3 Å². The monoisotopic (exact) mass is 268 g/mol. The molecule has 1 aliphatic carbocycles. The lowest BCUT2D eigenvalue weighted by atomic mass is 10.1. The van der Waals surface area contributed by atoms with Crippen molar-refractivity contribution in [1.82, 2.24) is 0 Å². The highest BCUT2D eigenvalue weighted by Crippen LogP contribution is 2.59. The predicted molar refractivity (Wildman–Crippen MR) is 67.2 cm³/mol. The maximum Gasteiger partial charge on any atom is 0.332 e. The topological polar surface area (TPSA) is 72.8 Å². The van der Waals surface area contributed by atoms with Crippen LogP contribution in [0.5, 0.6) is 0 Å². The maximum atomic E-state index is 11.6. The second-order valence-electron chi connectivity index (χ2n) is 5.76. The number of rotatable bonds is 4. The van der Waals surface area contributed by atoms with Crippen LogP contribution in [0, 0.1) is 17.3 Å². The largest absolute Gasteiger partial charge is 0.481 e. The molecule has 1 saturated carbocycles. The summed E-state index contributed by atoms with van der Waals surface area (Å²) in [5, 5.41) is 9.02. The average Bonchev–Trinajstić information content (AvgIpc) is 2.90. The van der Waals surface area contributed by atoms with Crippen LogP contribution in [0.1, 0.15) is 33.1 Å². The van der Waals surface area contributed by atoms with Gasteiger partial charge in [-0.1, -0.05) is 19.9 Å². The Kier molecular flexibility index (Phi) is 3.94. The molecular weight excluding hydrogens is 248 g/mol. The fraction of sp³-hybridized carbons (Fsp3) is 0.714. The van der Waals surface area contributed by atoms with E-state index in [2.05, 4.69) is 0 Å². The predicted octanol–water partition coefficient (Wildman–Crippen LogP) is 1.97. The van der Waals surface area contributed by atoms with Gasteiger partial charge in [0, 0.05) is 12.5 Å². The third-order valence-corrected chi connectivity index (χ3v) is 4.00. The van der Waals surface area contributed by atoms with Crippen molar-refractivity contribution in [1.29, 1.82) is 0 Å². The molecular formula is C14H20O5.